The van der Waals surface area contributed by atoms with Crippen molar-refractivity contribution in [3.63, 3.8) is 0 Å². The lowest BCUT2D eigenvalue weighted by molar-refractivity contribution is 0.0956. The zero-order valence-corrected chi connectivity index (χ0v) is 12.6. The van der Waals surface area contributed by atoms with Gasteiger partial charge in [-0.1, -0.05) is 18.5 Å². The van der Waals surface area contributed by atoms with Gasteiger partial charge in [0.25, 0.3) is 5.91 Å². The van der Waals surface area contributed by atoms with Crippen LogP contribution >= 0.6 is 11.6 Å². The van der Waals surface area contributed by atoms with E-state index in [2.05, 4.69) is 15.6 Å². The Morgan fingerprint density at radius 2 is 2.21 bits per heavy atom. The third-order valence-electron chi connectivity index (χ3n) is 2.38. The maximum atomic E-state index is 11.8. The van der Waals surface area contributed by atoms with Crippen molar-refractivity contribution in [3.05, 3.63) is 22.8 Å². The lowest BCUT2D eigenvalue weighted by Crippen LogP contribution is -2.28. The van der Waals surface area contributed by atoms with Crippen LogP contribution < -0.4 is 10.6 Å². The number of hydrogen-bond donors (Lipinski definition) is 2. The number of pyridine rings is 1. The van der Waals surface area contributed by atoms with Crippen LogP contribution in [0.5, 0.6) is 0 Å². The van der Waals surface area contributed by atoms with Gasteiger partial charge in [0.05, 0.1) is 10.6 Å². The number of carbonyl (C=O) groups is 1. The van der Waals surface area contributed by atoms with Gasteiger partial charge >= 0.3 is 0 Å². The Morgan fingerprint density at radius 3 is 2.79 bits per heavy atom. The Labute approximate surface area is 120 Å². The van der Waals surface area contributed by atoms with E-state index in [1.807, 2.05) is 13.8 Å². The highest BCUT2D eigenvalue weighted by Crippen LogP contribution is 2.19. The molecule has 0 aliphatic rings. The minimum absolute atomic E-state index is 0.259. The molecule has 7 heteroatoms. The molecule has 1 heterocycles. The summed E-state index contributed by atoms with van der Waals surface area (Å²) in [5.74, 6) is 1.36. The number of aromatic nitrogens is 1. The van der Waals surface area contributed by atoms with E-state index in [1.165, 1.54) is 6.20 Å². The molecule has 0 spiro atoms. The average Bonchev–Trinajstić information content (AvgIpc) is 2.40. The summed E-state index contributed by atoms with van der Waals surface area (Å²) in [6, 6.07) is 1.57. The number of hydrogen-bond acceptors (Lipinski definition) is 4. The van der Waals surface area contributed by atoms with Crippen LogP contribution in [0.3, 0.4) is 0 Å². The largest absolute Gasteiger partial charge is 0.369 e. The molecule has 0 aliphatic carbocycles. The number of amides is 1. The van der Waals surface area contributed by atoms with Crippen molar-refractivity contribution in [1.29, 1.82) is 0 Å². The standard InChI is InChI=1S/C12H18ClN3O2S/c1-3-14-11-10(13)7-9(8-16-11)12(17)15-5-6-19(18)4-2/h7-8H,3-6H2,1-2H3,(H,14,16)(H,15,17). The third-order valence-corrected chi connectivity index (χ3v) is 3.98. The van der Waals surface area contributed by atoms with Crippen LogP contribution in [0.1, 0.15) is 24.2 Å². The highest BCUT2D eigenvalue weighted by Gasteiger charge is 2.09. The van der Waals surface area contributed by atoms with Crippen molar-refractivity contribution in [2.24, 2.45) is 0 Å². The third kappa shape index (κ3) is 5.16. The van der Waals surface area contributed by atoms with Gasteiger partial charge in [0.1, 0.15) is 5.82 Å². The monoisotopic (exact) mass is 303 g/mol. The second-order valence-corrected chi connectivity index (χ2v) is 6.05. The highest BCUT2D eigenvalue weighted by molar-refractivity contribution is 7.84. The Kier molecular flexibility index (Phi) is 6.80. The summed E-state index contributed by atoms with van der Waals surface area (Å²) in [5, 5.41) is 6.09. The molecule has 0 bridgehead atoms. The summed E-state index contributed by atoms with van der Waals surface area (Å²) in [6.07, 6.45) is 1.47. The lowest BCUT2D eigenvalue weighted by Gasteiger charge is -2.08. The normalized spacial score (nSPS) is 11.9. The first-order chi connectivity index (χ1) is 9.08. The number of carbonyl (C=O) groups excluding carboxylic acids is 1. The molecule has 0 radical (unpaired) electrons. The van der Waals surface area contributed by atoms with Gasteiger partial charge in [0.15, 0.2) is 0 Å². The molecule has 1 rings (SSSR count). The molecule has 1 atom stereocenters. The van der Waals surface area contributed by atoms with Crippen LogP contribution in [0.4, 0.5) is 5.82 Å². The maximum Gasteiger partial charge on any atom is 0.252 e. The van der Waals surface area contributed by atoms with Crippen LogP contribution in [0, 0.1) is 0 Å². The molecular weight excluding hydrogens is 286 g/mol. The molecule has 0 fully saturated rings. The molecule has 1 aromatic rings. The fourth-order valence-corrected chi connectivity index (χ4v) is 2.24. The quantitative estimate of drug-likeness (QED) is 0.804. The van der Waals surface area contributed by atoms with E-state index in [1.54, 1.807) is 6.07 Å². The molecule has 2 N–H and O–H groups in total. The number of halogens is 1. The van der Waals surface area contributed by atoms with Crippen LogP contribution in [-0.4, -0.2) is 39.7 Å². The summed E-state index contributed by atoms with van der Waals surface area (Å²) in [5.41, 5.74) is 0.397. The van der Waals surface area contributed by atoms with Gasteiger partial charge < -0.3 is 10.6 Å². The van der Waals surface area contributed by atoms with Crippen molar-refractivity contribution >= 4 is 34.1 Å². The van der Waals surface area contributed by atoms with Gasteiger partial charge in [-0.05, 0) is 13.0 Å². The molecule has 0 aliphatic heterocycles. The van der Waals surface area contributed by atoms with Crippen LogP contribution in [-0.2, 0) is 10.8 Å². The Balaban J connectivity index is 2.57. The predicted molar refractivity (Wildman–Crippen MR) is 79.3 cm³/mol. The molecule has 5 nitrogen and oxygen atoms in total. The van der Waals surface area contributed by atoms with E-state index in [0.29, 0.717) is 41.0 Å². The zero-order valence-electron chi connectivity index (χ0n) is 11.0. The van der Waals surface area contributed by atoms with Crippen LogP contribution in [0.2, 0.25) is 5.02 Å². The van der Waals surface area contributed by atoms with Crippen molar-refractivity contribution in [3.8, 4) is 0 Å². The fraction of sp³-hybridized carbons (Fsp3) is 0.500. The number of nitrogens with zero attached hydrogens (tertiary/aromatic N) is 1. The Morgan fingerprint density at radius 1 is 1.47 bits per heavy atom. The molecule has 1 unspecified atom stereocenters. The first-order valence-electron chi connectivity index (χ1n) is 6.11. The number of anilines is 1. The molecule has 106 valence electrons. The summed E-state index contributed by atoms with van der Waals surface area (Å²) in [4.78, 5) is 15.9. The van der Waals surface area contributed by atoms with Gasteiger partial charge in [-0.3, -0.25) is 9.00 Å². The van der Waals surface area contributed by atoms with E-state index in [-0.39, 0.29) is 5.91 Å². The first-order valence-corrected chi connectivity index (χ1v) is 7.97. The lowest BCUT2D eigenvalue weighted by atomic mass is 10.2. The van der Waals surface area contributed by atoms with Crippen molar-refractivity contribution in [1.82, 2.24) is 10.3 Å². The number of rotatable bonds is 7. The van der Waals surface area contributed by atoms with Gasteiger partial charge in [0, 0.05) is 41.6 Å². The minimum Gasteiger partial charge on any atom is -0.369 e. The van der Waals surface area contributed by atoms with E-state index in [9.17, 15) is 9.00 Å². The molecule has 0 aromatic carbocycles. The van der Waals surface area contributed by atoms with E-state index >= 15 is 0 Å². The SMILES string of the molecule is CCNc1ncc(C(=O)NCCS(=O)CC)cc1Cl. The summed E-state index contributed by atoms with van der Waals surface area (Å²) < 4.78 is 11.2. The van der Waals surface area contributed by atoms with E-state index in [4.69, 9.17) is 11.6 Å². The topological polar surface area (TPSA) is 71.1 Å². The average molecular weight is 304 g/mol. The van der Waals surface area contributed by atoms with E-state index < -0.39 is 10.8 Å². The van der Waals surface area contributed by atoms with Gasteiger partial charge in [-0.15, -0.1) is 0 Å². The van der Waals surface area contributed by atoms with Crippen molar-refractivity contribution in [2.75, 3.05) is 29.9 Å². The highest BCUT2D eigenvalue weighted by atomic mass is 35.5. The summed E-state index contributed by atoms with van der Waals surface area (Å²) in [7, 11) is -0.877. The summed E-state index contributed by atoms with van der Waals surface area (Å²) in [6.45, 7) is 4.88. The first kappa shape index (κ1) is 15.9. The minimum atomic E-state index is -0.877. The van der Waals surface area contributed by atoms with Crippen molar-refractivity contribution in [2.45, 2.75) is 13.8 Å². The molecular formula is C12H18ClN3O2S. The molecule has 1 amide bonds. The second-order valence-electron chi connectivity index (χ2n) is 3.77. The smallest absolute Gasteiger partial charge is 0.252 e. The van der Waals surface area contributed by atoms with Gasteiger partial charge in [-0.25, -0.2) is 4.98 Å². The predicted octanol–water partition coefficient (Wildman–Crippen LogP) is 1.67. The van der Waals surface area contributed by atoms with Gasteiger partial charge in [-0.2, -0.15) is 0 Å². The Bertz CT molecular complexity index is 468. The van der Waals surface area contributed by atoms with Crippen LogP contribution in [0.15, 0.2) is 12.3 Å². The maximum absolute atomic E-state index is 11.8. The number of nitrogens with one attached hydrogen (secondary N) is 2. The molecule has 19 heavy (non-hydrogen) atoms. The summed E-state index contributed by atoms with van der Waals surface area (Å²) >= 11 is 6.01. The Hall–Kier alpha value is -1.14. The van der Waals surface area contributed by atoms with Gasteiger partial charge in [0.2, 0.25) is 0 Å². The van der Waals surface area contributed by atoms with E-state index in [0.717, 1.165) is 0 Å². The zero-order chi connectivity index (χ0) is 14.3. The second kappa shape index (κ2) is 8.12. The molecule has 0 saturated carbocycles. The van der Waals surface area contributed by atoms with Crippen LogP contribution in [0.25, 0.3) is 0 Å². The molecule has 1 aromatic heterocycles. The van der Waals surface area contributed by atoms with Crippen molar-refractivity contribution < 1.29 is 9.00 Å². The molecule has 0 saturated heterocycles. The fourth-order valence-electron chi connectivity index (χ4n) is 1.38.